The van der Waals surface area contributed by atoms with Gasteiger partial charge in [0.1, 0.15) is 0 Å². The highest BCUT2D eigenvalue weighted by Crippen LogP contribution is 2.29. The SMILES string of the molecule is C[Si]1(C(F)C(F)F)CCCCO1. The van der Waals surface area contributed by atoms with Gasteiger partial charge in [0.25, 0.3) is 6.43 Å². The summed E-state index contributed by atoms with van der Waals surface area (Å²) in [6, 6.07) is 0.526. The Kier molecular flexibility index (Phi) is 3.17. The van der Waals surface area contributed by atoms with Gasteiger partial charge in [0, 0.05) is 6.61 Å². The van der Waals surface area contributed by atoms with Crippen LogP contribution in [-0.2, 0) is 4.43 Å². The van der Waals surface area contributed by atoms with E-state index in [9.17, 15) is 13.2 Å². The number of alkyl halides is 3. The van der Waals surface area contributed by atoms with Crippen LogP contribution in [0.2, 0.25) is 12.6 Å². The second-order valence-corrected chi connectivity index (χ2v) is 7.32. The largest absolute Gasteiger partial charge is 0.414 e. The average Bonchev–Trinajstić information content (AvgIpc) is 2.04. The van der Waals surface area contributed by atoms with Crippen molar-refractivity contribution in [1.29, 1.82) is 0 Å². The summed E-state index contributed by atoms with van der Waals surface area (Å²) >= 11 is 0. The molecule has 0 saturated carbocycles. The number of rotatable bonds is 2. The van der Waals surface area contributed by atoms with E-state index in [1.165, 1.54) is 0 Å². The molecule has 0 N–H and O–H groups in total. The fraction of sp³-hybridized carbons (Fsp3) is 1.00. The smallest absolute Gasteiger partial charge is 0.269 e. The van der Waals surface area contributed by atoms with Gasteiger partial charge in [0.2, 0.25) is 8.32 Å². The Morgan fingerprint density at radius 2 is 1.92 bits per heavy atom. The van der Waals surface area contributed by atoms with Crippen LogP contribution >= 0.6 is 0 Å². The van der Waals surface area contributed by atoms with Crippen molar-refractivity contribution in [3.63, 3.8) is 0 Å². The molecule has 0 spiro atoms. The van der Waals surface area contributed by atoms with Crippen molar-refractivity contribution in [3.05, 3.63) is 0 Å². The Balaban J connectivity index is 2.56. The monoisotopic (exact) mass is 198 g/mol. The maximum absolute atomic E-state index is 13.0. The van der Waals surface area contributed by atoms with Crippen molar-refractivity contribution < 1.29 is 17.6 Å². The Labute approximate surface area is 71.0 Å². The van der Waals surface area contributed by atoms with E-state index in [1.54, 1.807) is 6.55 Å². The Bertz CT molecular complexity index is 148. The molecule has 1 aliphatic rings. The maximum atomic E-state index is 13.0. The zero-order valence-corrected chi connectivity index (χ0v) is 8.03. The van der Waals surface area contributed by atoms with Gasteiger partial charge in [-0.3, -0.25) is 0 Å². The zero-order chi connectivity index (χ0) is 9.19. The van der Waals surface area contributed by atoms with Crippen molar-refractivity contribution in [2.75, 3.05) is 6.61 Å². The van der Waals surface area contributed by atoms with Crippen LogP contribution in [0.1, 0.15) is 12.8 Å². The summed E-state index contributed by atoms with van der Waals surface area (Å²) in [6.45, 7) is 2.01. The van der Waals surface area contributed by atoms with Crippen LogP contribution in [0.4, 0.5) is 13.2 Å². The van der Waals surface area contributed by atoms with E-state index in [1.807, 2.05) is 0 Å². The highest BCUT2D eigenvalue weighted by Gasteiger charge is 2.45. The van der Waals surface area contributed by atoms with Crippen LogP contribution in [0, 0.1) is 0 Å². The van der Waals surface area contributed by atoms with Gasteiger partial charge in [-0.2, -0.15) is 0 Å². The molecule has 0 radical (unpaired) electrons. The summed E-state index contributed by atoms with van der Waals surface area (Å²) in [7, 11) is -2.72. The lowest BCUT2D eigenvalue weighted by atomic mass is 10.4. The summed E-state index contributed by atoms with van der Waals surface area (Å²) in [6.07, 6.45) is -1.17. The van der Waals surface area contributed by atoms with E-state index in [2.05, 4.69) is 0 Å². The number of hydrogen-bond donors (Lipinski definition) is 0. The summed E-state index contributed by atoms with van der Waals surface area (Å²) in [5, 5.41) is 0. The summed E-state index contributed by atoms with van der Waals surface area (Å²) in [5.74, 6) is -2.02. The van der Waals surface area contributed by atoms with Gasteiger partial charge in [-0.25, -0.2) is 13.2 Å². The minimum Gasteiger partial charge on any atom is -0.414 e. The molecular weight excluding hydrogens is 185 g/mol. The highest BCUT2D eigenvalue weighted by atomic mass is 28.4. The molecule has 1 nitrogen and oxygen atoms in total. The molecule has 1 heterocycles. The topological polar surface area (TPSA) is 9.23 Å². The lowest BCUT2D eigenvalue weighted by molar-refractivity contribution is 0.0693. The first-order valence-corrected chi connectivity index (χ1v) is 6.82. The van der Waals surface area contributed by atoms with Crippen LogP contribution in [0.15, 0.2) is 0 Å². The maximum Gasteiger partial charge on any atom is 0.269 e. The molecule has 1 fully saturated rings. The molecule has 0 aromatic heterocycles. The van der Waals surface area contributed by atoms with Crippen molar-refractivity contribution in [3.8, 4) is 0 Å². The first-order chi connectivity index (χ1) is 5.56. The van der Waals surface area contributed by atoms with Gasteiger partial charge in [-0.15, -0.1) is 0 Å². The second-order valence-electron chi connectivity index (χ2n) is 3.35. The number of hydrogen-bond acceptors (Lipinski definition) is 1. The molecule has 1 aliphatic heterocycles. The molecule has 0 bridgehead atoms. The molecule has 2 unspecified atom stereocenters. The fourth-order valence-corrected chi connectivity index (χ4v) is 4.11. The quantitative estimate of drug-likeness (QED) is 0.619. The Morgan fingerprint density at radius 1 is 1.25 bits per heavy atom. The Morgan fingerprint density at radius 3 is 2.33 bits per heavy atom. The van der Waals surface area contributed by atoms with Crippen molar-refractivity contribution >= 4 is 8.32 Å². The first kappa shape index (κ1) is 10.1. The van der Waals surface area contributed by atoms with Crippen molar-refractivity contribution in [1.82, 2.24) is 0 Å². The average molecular weight is 198 g/mol. The van der Waals surface area contributed by atoms with Gasteiger partial charge in [-0.05, 0) is 19.0 Å². The summed E-state index contributed by atoms with van der Waals surface area (Å²) < 4.78 is 42.2. The third-order valence-corrected chi connectivity index (χ3v) is 5.93. The zero-order valence-electron chi connectivity index (χ0n) is 7.03. The molecule has 1 rings (SSSR count). The number of halogens is 3. The van der Waals surface area contributed by atoms with Gasteiger partial charge in [0.05, 0.1) is 0 Å². The molecule has 0 aliphatic carbocycles. The van der Waals surface area contributed by atoms with Crippen molar-refractivity contribution in [2.45, 2.75) is 37.7 Å². The van der Waals surface area contributed by atoms with Crippen LogP contribution in [0.25, 0.3) is 0 Å². The predicted octanol–water partition coefficient (Wildman–Crippen LogP) is 2.51. The molecule has 5 heteroatoms. The van der Waals surface area contributed by atoms with E-state index < -0.39 is 20.5 Å². The lowest BCUT2D eigenvalue weighted by Gasteiger charge is -2.33. The molecule has 0 aromatic carbocycles. The molecule has 72 valence electrons. The van der Waals surface area contributed by atoms with Crippen LogP contribution in [-0.4, -0.2) is 27.1 Å². The summed E-state index contributed by atoms with van der Waals surface area (Å²) in [4.78, 5) is 0. The van der Waals surface area contributed by atoms with Gasteiger partial charge in [0.15, 0.2) is 5.79 Å². The normalized spacial score (nSPS) is 33.8. The van der Waals surface area contributed by atoms with Gasteiger partial charge < -0.3 is 4.43 Å². The highest BCUT2D eigenvalue weighted by molar-refractivity contribution is 6.74. The van der Waals surface area contributed by atoms with E-state index in [0.717, 1.165) is 12.8 Å². The van der Waals surface area contributed by atoms with Crippen LogP contribution < -0.4 is 0 Å². The second kappa shape index (κ2) is 3.78. The van der Waals surface area contributed by atoms with E-state index >= 15 is 0 Å². The predicted molar refractivity (Wildman–Crippen MR) is 42.5 cm³/mol. The molecule has 12 heavy (non-hydrogen) atoms. The molecule has 0 aromatic rings. The third kappa shape index (κ3) is 2.01. The minimum absolute atomic E-state index is 0.454. The first-order valence-electron chi connectivity index (χ1n) is 4.12. The summed E-state index contributed by atoms with van der Waals surface area (Å²) in [5.41, 5.74) is 0. The van der Waals surface area contributed by atoms with Crippen LogP contribution in [0.3, 0.4) is 0 Å². The van der Waals surface area contributed by atoms with E-state index in [0.29, 0.717) is 12.7 Å². The van der Waals surface area contributed by atoms with E-state index in [-0.39, 0.29) is 0 Å². The fourth-order valence-electron chi connectivity index (χ4n) is 1.44. The lowest BCUT2D eigenvalue weighted by Crippen LogP contribution is -2.50. The van der Waals surface area contributed by atoms with Crippen molar-refractivity contribution in [2.24, 2.45) is 0 Å². The molecule has 0 amide bonds. The standard InChI is InChI=1S/C7H13F3OSi/c1-12(7(10)6(8)9)5-3-2-4-11-12/h6-7H,2-5H2,1H3. The molecule has 2 atom stereocenters. The minimum atomic E-state index is -2.88. The van der Waals surface area contributed by atoms with Gasteiger partial charge >= 0.3 is 0 Å². The van der Waals surface area contributed by atoms with Gasteiger partial charge in [-0.1, -0.05) is 6.42 Å². The van der Waals surface area contributed by atoms with Crippen LogP contribution in [0.5, 0.6) is 0 Å². The molecular formula is C7H13F3OSi. The third-order valence-electron chi connectivity index (χ3n) is 2.30. The van der Waals surface area contributed by atoms with E-state index in [4.69, 9.17) is 4.43 Å². The molecule has 1 saturated heterocycles. The Hall–Kier alpha value is -0.0331.